The van der Waals surface area contributed by atoms with E-state index in [2.05, 4.69) is 10.6 Å². The number of carbonyl (C=O) groups excluding carboxylic acids is 2. The second-order valence-corrected chi connectivity index (χ2v) is 7.24. The van der Waals surface area contributed by atoms with Crippen LogP contribution in [0.4, 0.5) is 0 Å². The standard InChI is InChI=1S/C20H22N2O5S/c1-13(23)22-17(11-28-16-6-4-15(25-2)5-7-16)20(24)21-10-14-3-8-18-19(9-14)27-12-26-18/h3-9,17H,10-12H2,1-2H3,(H,21,24)(H,22,23). The summed E-state index contributed by atoms with van der Waals surface area (Å²) in [6, 6.07) is 12.4. The van der Waals surface area contributed by atoms with Crippen LogP contribution in [-0.4, -0.2) is 37.5 Å². The van der Waals surface area contributed by atoms with Gasteiger partial charge in [-0.25, -0.2) is 0 Å². The third-order valence-electron chi connectivity index (χ3n) is 4.07. The van der Waals surface area contributed by atoms with E-state index < -0.39 is 6.04 Å². The van der Waals surface area contributed by atoms with E-state index in [1.165, 1.54) is 18.7 Å². The lowest BCUT2D eigenvalue weighted by atomic mass is 10.2. The van der Waals surface area contributed by atoms with Crippen LogP contribution < -0.4 is 24.8 Å². The fraction of sp³-hybridized carbons (Fsp3) is 0.300. The number of rotatable bonds is 8. The molecule has 0 aliphatic carbocycles. The second-order valence-electron chi connectivity index (χ2n) is 6.15. The molecule has 2 amide bonds. The van der Waals surface area contributed by atoms with Gasteiger partial charge in [-0.1, -0.05) is 6.07 Å². The van der Waals surface area contributed by atoms with Crippen LogP contribution in [-0.2, 0) is 16.1 Å². The first-order chi connectivity index (χ1) is 13.5. The maximum Gasteiger partial charge on any atom is 0.243 e. The summed E-state index contributed by atoms with van der Waals surface area (Å²) in [6.07, 6.45) is 0. The molecule has 0 radical (unpaired) electrons. The highest BCUT2D eigenvalue weighted by molar-refractivity contribution is 7.99. The minimum absolute atomic E-state index is 0.207. The molecule has 1 heterocycles. The third kappa shape index (κ3) is 5.32. The predicted molar refractivity (Wildman–Crippen MR) is 106 cm³/mol. The Bertz CT molecular complexity index is 841. The number of benzene rings is 2. The van der Waals surface area contributed by atoms with Crippen molar-refractivity contribution in [3.63, 3.8) is 0 Å². The van der Waals surface area contributed by atoms with Crippen molar-refractivity contribution in [2.75, 3.05) is 19.7 Å². The fourth-order valence-corrected chi connectivity index (χ4v) is 3.57. The maximum absolute atomic E-state index is 12.6. The van der Waals surface area contributed by atoms with Gasteiger partial charge in [-0.05, 0) is 42.0 Å². The van der Waals surface area contributed by atoms with Gasteiger partial charge in [0, 0.05) is 24.1 Å². The van der Waals surface area contributed by atoms with Crippen LogP contribution >= 0.6 is 11.8 Å². The van der Waals surface area contributed by atoms with E-state index in [0.717, 1.165) is 16.2 Å². The van der Waals surface area contributed by atoms with Crippen molar-refractivity contribution >= 4 is 23.6 Å². The first kappa shape index (κ1) is 19.9. The largest absolute Gasteiger partial charge is 0.497 e. The number of amides is 2. The van der Waals surface area contributed by atoms with Crippen LogP contribution in [0.5, 0.6) is 17.2 Å². The van der Waals surface area contributed by atoms with Gasteiger partial charge >= 0.3 is 0 Å². The summed E-state index contributed by atoms with van der Waals surface area (Å²) in [5.41, 5.74) is 0.891. The Morgan fingerprint density at radius 3 is 2.61 bits per heavy atom. The van der Waals surface area contributed by atoms with Crippen molar-refractivity contribution < 1.29 is 23.8 Å². The lowest BCUT2D eigenvalue weighted by Gasteiger charge is -2.17. The zero-order valence-electron chi connectivity index (χ0n) is 15.7. The summed E-state index contributed by atoms with van der Waals surface area (Å²) in [5, 5.41) is 5.58. The van der Waals surface area contributed by atoms with E-state index >= 15 is 0 Å². The molecule has 148 valence electrons. The van der Waals surface area contributed by atoms with Crippen molar-refractivity contribution in [2.45, 2.75) is 24.4 Å². The van der Waals surface area contributed by atoms with Gasteiger partial charge in [-0.3, -0.25) is 9.59 Å². The molecule has 3 rings (SSSR count). The lowest BCUT2D eigenvalue weighted by molar-refractivity contribution is -0.127. The smallest absolute Gasteiger partial charge is 0.243 e. The van der Waals surface area contributed by atoms with Gasteiger partial charge in [0.2, 0.25) is 18.6 Å². The summed E-state index contributed by atoms with van der Waals surface area (Å²) in [5.74, 6) is 2.05. The van der Waals surface area contributed by atoms with Crippen LogP contribution in [0, 0.1) is 0 Å². The summed E-state index contributed by atoms with van der Waals surface area (Å²) in [6.45, 7) is 1.94. The molecule has 8 heteroatoms. The SMILES string of the molecule is COc1ccc(SCC(NC(C)=O)C(=O)NCc2ccc3c(c2)OCO3)cc1. The second kappa shape index (κ2) is 9.36. The molecule has 2 N–H and O–H groups in total. The van der Waals surface area contributed by atoms with Gasteiger partial charge in [-0.2, -0.15) is 0 Å². The quantitative estimate of drug-likeness (QED) is 0.659. The number of methoxy groups -OCH3 is 1. The number of carbonyl (C=O) groups is 2. The third-order valence-corrected chi connectivity index (χ3v) is 5.18. The Hall–Kier alpha value is -2.87. The first-order valence-electron chi connectivity index (χ1n) is 8.75. The fourth-order valence-electron chi connectivity index (χ4n) is 2.64. The molecule has 7 nitrogen and oxygen atoms in total. The van der Waals surface area contributed by atoms with E-state index in [-0.39, 0.29) is 18.6 Å². The molecule has 0 fully saturated rings. The molecule has 2 aromatic carbocycles. The molecule has 0 bridgehead atoms. The zero-order valence-corrected chi connectivity index (χ0v) is 16.5. The molecule has 1 atom stereocenters. The number of ether oxygens (including phenoxy) is 3. The van der Waals surface area contributed by atoms with Gasteiger partial charge in [0.25, 0.3) is 0 Å². The molecule has 0 spiro atoms. The van der Waals surface area contributed by atoms with Gasteiger partial charge in [0.15, 0.2) is 11.5 Å². The van der Waals surface area contributed by atoms with Crippen molar-refractivity contribution in [3.8, 4) is 17.2 Å². The van der Waals surface area contributed by atoms with Crippen molar-refractivity contribution in [3.05, 3.63) is 48.0 Å². The number of fused-ring (bicyclic) bond motifs is 1. The molecule has 0 saturated carbocycles. The average molecular weight is 402 g/mol. The number of thioether (sulfide) groups is 1. The van der Waals surface area contributed by atoms with Crippen LogP contribution in [0.15, 0.2) is 47.4 Å². The van der Waals surface area contributed by atoms with Crippen LogP contribution in [0.2, 0.25) is 0 Å². The van der Waals surface area contributed by atoms with Crippen LogP contribution in [0.1, 0.15) is 12.5 Å². The molecule has 1 aliphatic heterocycles. The van der Waals surface area contributed by atoms with Gasteiger partial charge in [-0.15, -0.1) is 11.8 Å². The Morgan fingerprint density at radius 2 is 1.89 bits per heavy atom. The zero-order chi connectivity index (χ0) is 19.9. The van der Waals surface area contributed by atoms with E-state index in [1.807, 2.05) is 42.5 Å². The molecular formula is C20H22N2O5S. The van der Waals surface area contributed by atoms with Crippen molar-refractivity contribution in [1.29, 1.82) is 0 Å². The van der Waals surface area contributed by atoms with E-state index in [0.29, 0.717) is 23.8 Å². The summed E-state index contributed by atoms with van der Waals surface area (Å²) < 4.78 is 15.8. The average Bonchev–Trinajstić information content (AvgIpc) is 3.17. The van der Waals surface area contributed by atoms with Crippen LogP contribution in [0.3, 0.4) is 0 Å². The highest BCUT2D eigenvalue weighted by Gasteiger charge is 2.20. The Labute approximate surface area is 167 Å². The predicted octanol–water partition coefficient (Wildman–Crippen LogP) is 2.34. The molecule has 1 unspecified atom stereocenters. The minimum atomic E-state index is -0.640. The summed E-state index contributed by atoms with van der Waals surface area (Å²) in [4.78, 5) is 25.1. The van der Waals surface area contributed by atoms with Crippen molar-refractivity contribution in [1.82, 2.24) is 10.6 Å². The number of nitrogens with one attached hydrogen (secondary N) is 2. The topological polar surface area (TPSA) is 85.9 Å². The van der Waals surface area contributed by atoms with E-state index in [1.54, 1.807) is 7.11 Å². The maximum atomic E-state index is 12.6. The Morgan fingerprint density at radius 1 is 1.14 bits per heavy atom. The normalized spacial score (nSPS) is 12.9. The summed E-state index contributed by atoms with van der Waals surface area (Å²) in [7, 11) is 1.61. The highest BCUT2D eigenvalue weighted by Crippen LogP contribution is 2.32. The summed E-state index contributed by atoms with van der Waals surface area (Å²) >= 11 is 1.49. The number of hydrogen-bond donors (Lipinski definition) is 2. The van der Waals surface area contributed by atoms with E-state index in [4.69, 9.17) is 14.2 Å². The van der Waals surface area contributed by atoms with Gasteiger partial charge in [0.1, 0.15) is 11.8 Å². The minimum Gasteiger partial charge on any atom is -0.497 e. The molecular weight excluding hydrogens is 380 g/mol. The Balaban J connectivity index is 1.56. The van der Waals surface area contributed by atoms with Crippen LogP contribution in [0.25, 0.3) is 0 Å². The van der Waals surface area contributed by atoms with Crippen molar-refractivity contribution in [2.24, 2.45) is 0 Å². The van der Waals surface area contributed by atoms with Gasteiger partial charge < -0.3 is 24.8 Å². The number of hydrogen-bond acceptors (Lipinski definition) is 6. The molecule has 1 aliphatic rings. The first-order valence-corrected chi connectivity index (χ1v) is 9.74. The molecule has 0 aromatic heterocycles. The highest BCUT2D eigenvalue weighted by atomic mass is 32.2. The monoisotopic (exact) mass is 402 g/mol. The lowest BCUT2D eigenvalue weighted by Crippen LogP contribution is -2.47. The Kier molecular flexibility index (Phi) is 6.65. The van der Waals surface area contributed by atoms with Gasteiger partial charge in [0.05, 0.1) is 7.11 Å². The van der Waals surface area contributed by atoms with E-state index in [9.17, 15) is 9.59 Å². The molecule has 2 aromatic rings. The molecule has 0 saturated heterocycles. The molecule has 28 heavy (non-hydrogen) atoms.